The minimum Gasteiger partial charge on any atom is -0.284 e. The Morgan fingerprint density at radius 2 is 1.26 bits per heavy atom. The second kappa shape index (κ2) is 11.0. The predicted octanol–water partition coefficient (Wildman–Crippen LogP) is 7.53. The van der Waals surface area contributed by atoms with Crippen LogP contribution < -0.4 is 4.80 Å². The van der Waals surface area contributed by atoms with E-state index in [2.05, 4.69) is 30.5 Å². The number of benzene rings is 3. The number of hydrogen-bond acceptors (Lipinski definition) is 5. The fourth-order valence-electron chi connectivity index (χ4n) is 3.86. The first-order valence-corrected chi connectivity index (χ1v) is 14.9. The normalized spacial score (nSPS) is 13.1. The number of rotatable bonds is 5. The summed E-state index contributed by atoms with van der Waals surface area (Å²) in [6, 6.07) is 17.0. The maximum Gasteiger partial charge on any atom is 0.452 e. The first-order chi connectivity index (χ1) is 19.6. The van der Waals surface area contributed by atoms with Crippen LogP contribution in [0.25, 0.3) is 22.6 Å². The van der Waals surface area contributed by atoms with E-state index >= 15 is 0 Å². The Morgan fingerprint density at radius 1 is 0.762 bits per heavy atom. The van der Waals surface area contributed by atoms with E-state index in [0.29, 0.717) is 16.4 Å². The SMILES string of the molecule is O=S(=O)(/N=c1/scc(-c2ccc(Br)cc2)n1-c1ccc(Cl)cc1)c1ccc(-n2c(C(F)(F)F)nnc2C(F)(F)F)cc1. The lowest BCUT2D eigenvalue weighted by Crippen LogP contribution is -2.19. The molecule has 0 unspecified atom stereocenters. The molecule has 0 N–H and O–H groups in total. The molecule has 5 aromatic rings. The van der Waals surface area contributed by atoms with Crippen LogP contribution in [0.15, 0.2) is 91.9 Å². The highest BCUT2D eigenvalue weighted by Gasteiger charge is 2.45. The van der Waals surface area contributed by atoms with Gasteiger partial charge in [-0.3, -0.25) is 9.13 Å². The van der Waals surface area contributed by atoms with Gasteiger partial charge in [-0.15, -0.1) is 25.9 Å². The van der Waals surface area contributed by atoms with E-state index in [1.165, 1.54) is 0 Å². The molecule has 17 heteroatoms. The van der Waals surface area contributed by atoms with Crippen molar-refractivity contribution in [2.45, 2.75) is 17.2 Å². The predicted molar refractivity (Wildman–Crippen MR) is 146 cm³/mol. The van der Waals surface area contributed by atoms with Gasteiger partial charge in [-0.25, -0.2) is 0 Å². The molecule has 0 saturated heterocycles. The minimum atomic E-state index is -5.27. The third kappa shape index (κ3) is 6.02. The van der Waals surface area contributed by atoms with Crippen molar-refractivity contribution in [2.75, 3.05) is 0 Å². The van der Waals surface area contributed by atoms with Gasteiger partial charge in [-0.2, -0.15) is 34.8 Å². The Kier molecular flexibility index (Phi) is 7.85. The molecular formula is C25H13BrClF6N5O2S2. The van der Waals surface area contributed by atoms with Crippen molar-refractivity contribution in [2.24, 2.45) is 4.40 Å². The Morgan fingerprint density at radius 3 is 1.79 bits per heavy atom. The second-order valence-electron chi connectivity index (χ2n) is 8.46. The molecule has 0 aliphatic rings. The van der Waals surface area contributed by atoms with Gasteiger partial charge in [0.2, 0.25) is 16.5 Å². The summed E-state index contributed by atoms with van der Waals surface area (Å²) in [4.78, 5) is -0.445. The van der Waals surface area contributed by atoms with E-state index in [0.717, 1.165) is 45.6 Å². The molecule has 42 heavy (non-hydrogen) atoms. The van der Waals surface area contributed by atoms with E-state index in [1.807, 2.05) is 12.1 Å². The van der Waals surface area contributed by atoms with Crippen LogP contribution in [0.5, 0.6) is 0 Å². The second-order valence-corrected chi connectivity index (χ2v) is 12.3. The highest BCUT2D eigenvalue weighted by atomic mass is 79.9. The van der Waals surface area contributed by atoms with Crippen molar-refractivity contribution in [3.8, 4) is 22.6 Å². The van der Waals surface area contributed by atoms with Gasteiger partial charge in [0, 0.05) is 26.3 Å². The molecule has 0 aliphatic heterocycles. The van der Waals surface area contributed by atoms with Crippen molar-refractivity contribution in [3.63, 3.8) is 0 Å². The maximum atomic E-state index is 13.4. The Bertz CT molecular complexity index is 1900. The van der Waals surface area contributed by atoms with Crippen LogP contribution in [0.4, 0.5) is 26.3 Å². The maximum absolute atomic E-state index is 13.4. The molecule has 0 amide bonds. The van der Waals surface area contributed by atoms with Gasteiger partial charge in [0.05, 0.1) is 10.6 Å². The molecule has 5 rings (SSSR count). The van der Waals surface area contributed by atoms with Crippen LogP contribution in [-0.4, -0.2) is 27.7 Å². The summed E-state index contributed by atoms with van der Waals surface area (Å²) in [5.74, 6) is -3.84. The summed E-state index contributed by atoms with van der Waals surface area (Å²) in [6.45, 7) is 0. The molecular weight excluding hydrogens is 696 g/mol. The number of nitrogens with zero attached hydrogens (tertiary/aromatic N) is 5. The third-order valence-corrected chi connectivity index (χ3v) is 8.70. The van der Waals surface area contributed by atoms with Crippen LogP contribution in [0, 0.1) is 0 Å². The highest BCUT2D eigenvalue weighted by molar-refractivity contribution is 9.10. The molecule has 0 saturated carbocycles. The lowest BCUT2D eigenvalue weighted by molar-refractivity contribution is -0.153. The smallest absolute Gasteiger partial charge is 0.284 e. The van der Waals surface area contributed by atoms with Crippen LogP contribution in [-0.2, 0) is 22.4 Å². The van der Waals surface area contributed by atoms with Crippen molar-refractivity contribution >= 4 is 48.9 Å². The monoisotopic (exact) mass is 707 g/mol. The van der Waals surface area contributed by atoms with Crippen LogP contribution >= 0.6 is 38.9 Å². The zero-order chi connectivity index (χ0) is 30.4. The first kappa shape index (κ1) is 30.0. The third-order valence-electron chi connectivity index (χ3n) is 5.69. The molecule has 0 fully saturated rings. The largest absolute Gasteiger partial charge is 0.452 e. The number of thiazole rings is 1. The molecule has 0 spiro atoms. The van der Waals surface area contributed by atoms with Crippen LogP contribution in [0.3, 0.4) is 0 Å². The van der Waals surface area contributed by atoms with Crippen molar-refractivity contribution in [1.82, 2.24) is 19.3 Å². The van der Waals surface area contributed by atoms with E-state index in [-0.39, 0.29) is 9.37 Å². The molecule has 0 radical (unpaired) electrons. The summed E-state index contributed by atoms with van der Waals surface area (Å²) >= 11 is 10.4. The Labute approximate surface area is 250 Å². The molecule has 2 heterocycles. The molecule has 0 aliphatic carbocycles. The molecule has 0 bridgehead atoms. The number of halogens is 8. The Balaban J connectivity index is 1.61. The minimum absolute atomic E-state index is 0.0249. The van der Waals surface area contributed by atoms with Gasteiger partial charge in [0.1, 0.15) is 0 Å². The zero-order valence-electron chi connectivity index (χ0n) is 20.4. The fourth-order valence-corrected chi connectivity index (χ4v) is 6.35. The van der Waals surface area contributed by atoms with Gasteiger partial charge in [-0.1, -0.05) is 39.7 Å². The van der Waals surface area contributed by atoms with E-state index in [4.69, 9.17) is 11.6 Å². The highest BCUT2D eigenvalue weighted by Crippen LogP contribution is 2.36. The van der Waals surface area contributed by atoms with Gasteiger partial charge in [0.25, 0.3) is 10.0 Å². The van der Waals surface area contributed by atoms with Gasteiger partial charge in [-0.05, 0) is 66.2 Å². The number of alkyl halides is 6. The van der Waals surface area contributed by atoms with Gasteiger partial charge in [0.15, 0.2) is 0 Å². The Hall–Kier alpha value is -3.47. The topological polar surface area (TPSA) is 82.1 Å². The summed E-state index contributed by atoms with van der Waals surface area (Å²) in [5.41, 5.74) is 1.23. The van der Waals surface area contributed by atoms with Crippen molar-refractivity contribution in [3.05, 3.63) is 104 Å². The first-order valence-electron chi connectivity index (χ1n) is 11.4. The van der Waals surface area contributed by atoms with Crippen molar-refractivity contribution < 1.29 is 34.8 Å². The van der Waals surface area contributed by atoms with Crippen molar-refractivity contribution in [1.29, 1.82) is 0 Å². The number of aromatic nitrogens is 4. The summed E-state index contributed by atoms with van der Waals surface area (Å²) < 4.78 is 113. The zero-order valence-corrected chi connectivity index (χ0v) is 24.4. The van der Waals surface area contributed by atoms with Gasteiger partial charge < -0.3 is 0 Å². The fraction of sp³-hybridized carbons (Fsp3) is 0.0800. The molecule has 0 atom stereocenters. The van der Waals surface area contributed by atoms with E-state index in [1.54, 1.807) is 46.3 Å². The van der Waals surface area contributed by atoms with E-state index < -0.39 is 44.6 Å². The lowest BCUT2D eigenvalue weighted by atomic mass is 10.1. The number of sulfonamides is 1. The average Bonchev–Trinajstić information content (AvgIpc) is 3.55. The van der Waals surface area contributed by atoms with Crippen LogP contribution in [0.2, 0.25) is 5.02 Å². The average molecular weight is 709 g/mol. The quantitative estimate of drug-likeness (QED) is 0.177. The van der Waals surface area contributed by atoms with Crippen LogP contribution in [0.1, 0.15) is 11.6 Å². The summed E-state index contributed by atoms with van der Waals surface area (Å²) in [7, 11) is -4.49. The lowest BCUT2D eigenvalue weighted by Gasteiger charge is -2.14. The number of hydrogen-bond donors (Lipinski definition) is 0. The summed E-state index contributed by atoms with van der Waals surface area (Å²) in [6.07, 6.45) is -10.5. The van der Waals surface area contributed by atoms with E-state index in [9.17, 15) is 34.8 Å². The summed E-state index contributed by atoms with van der Waals surface area (Å²) in [5, 5.41) is 7.44. The molecule has 218 valence electrons. The standard InChI is InChI=1S/C25H13BrClF6N5O2S2/c26-15-3-1-14(2-4-15)20-13-41-23(37(20)17-7-5-16(27)6-8-17)36-42(39,40)19-11-9-18(10-12-19)38-21(24(28,29)30)34-35-22(38)25(31,32)33/h1-13H/b36-23+. The van der Waals surface area contributed by atoms with Gasteiger partial charge >= 0.3 is 12.4 Å². The molecule has 3 aromatic carbocycles. The molecule has 2 aromatic heterocycles. The molecule has 7 nitrogen and oxygen atoms in total.